The predicted octanol–water partition coefficient (Wildman–Crippen LogP) is 3.17. The van der Waals surface area contributed by atoms with Crippen LogP contribution in [0.3, 0.4) is 0 Å². The van der Waals surface area contributed by atoms with Crippen LogP contribution >= 0.6 is 15.9 Å². The molecule has 4 nitrogen and oxygen atoms in total. The van der Waals surface area contributed by atoms with Crippen molar-refractivity contribution in [2.24, 2.45) is 0 Å². The highest BCUT2D eigenvalue weighted by Crippen LogP contribution is 2.26. The molecule has 16 heavy (non-hydrogen) atoms. The van der Waals surface area contributed by atoms with E-state index in [-0.39, 0.29) is 0 Å². The monoisotopic (exact) mass is 277 g/mol. The van der Waals surface area contributed by atoms with Crippen LogP contribution in [-0.2, 0) is 0 Å². The molecule has 0 amide bonds. The number of fused-ring (bicyclic) bond motifs is 1. The van der Waals surface area contributed by atoms with Crippen molar-refractivity contribution >= 4 is 32.7 Å². The number of hydrogen-bond donors (Lipinski definition) is 2. The summed E-state index contributed by atoms with van der Waals surface area (Å²) in [6.45, 7) is 0. The molecule has 0 saturated carbocycles. The van der Waals surface area contributed by atoms with Crippen LogP contribution in [0.15, 0.2) is 39.3 Å². The smallest absolute Gasteiger partial charge is 0.222 e. The number of aromatic nitrogens is 2. The summed E-state index contributed by atoms with van der Waals surface area (Å²) in [5, 5.41) is 4.99. The Morgan fingerprint density at radius 1 is 1.25 bits per heavy atom. The Morgan fingerprint density at radius 3 is 2.88 bits per heavy atom. The molecule has 0 saturated heterocycles. The van der Waals surface area contributed by atoms with Gasteiger partial charge in [0.2, 0.25) is 5.88 Å². The first kappa shape index (κ1) is 9.47. The van der Waals surface area contributed by atoms with Crippen LogP contribution < -0.4 is 5.73 Å². The minimum atomic E-state index is 0.315. The van der Waals surface area contributed by atoms with E-state index < -0.39 is 0 Å². The van der Waals surface area contributed by atoms with Gasteiger partial charge in [0, 0.05) is 21.4 Å². The maximum atomic E-state index is 5.48. The van der Waals surface area contributed by atoms with E-state index in [1.165, 1.54) is 0 Å². The normalized spacial score (nSPS) is 11.1. The van der Waals surface area contributed by atoms with Crippen molar-refractivity contribution < 1.29 is 4.52 Å². The van der Waals surface area contributed by atoms with E-state index in [0.29, 0.717) is 11.6 Å². The van der Waals surface area contributed by atoms with Gasteiger partial charge in [0.25, 0.3) is 0 Å². The fraction of sp³-hybridized carbons (Fsp3) is 0. The quantitative estimate of drug-likeness (QED) is 0.718. The molecule has 0 bridgehead atoms. The van der Waals surface area contributed by atoms with Crippen molar-refractivity contribution in [1.82, 2.24) is 10.1 Å². The molecule has 0 aliphatic heterocycles. The Labute approximate surface area is 99.6 Å². The second kappa shape index (κ2) is 3.38. The molecule has 2 heterocycles. The first-order valence-electron chi connectivity index (χ1n) is 4.73. The number of nitrogen functional groups attached to an aromatic ring is 1. The molecule has 0 radical (unpaired) electrons. The summed E-state index contributed by atoms with van der Waals surface area (Å²) >= 11 is 3.43. The molecule has 3 N–H and O–H groups in total. The van der Waals surface area contributed by atoms with Crippen molar-refractivity contribution in [3.8, 4) is 11.4 Å². The van der Waals surface area contributed by atoms with Crippen LogP contribution in [0.4, 0.5) is 5.88 Å². The highest BCUT2D eigenvalue weighted by atomic mass is 79.9. The van der Waals surface area contributed by atoms with Gasteiger partial charge in [-0.2, -0.15) is 0 Å². The molecule has 80 valence electrons. The molecule has 0 aliphatic carbocycles. The van der Waals surface area contributed by atoms with Crippen LogP contribution in [0, 0.1) is 0 Å². The third-order valence-electron chi connectivity index (χ3n) is 2.39. The lowest BCUT2D eigenvalue weighted by atomic mass is 10.2. The van der Waals surface area contributed by atoms with Crippen LogP contribution in [0.1, 0.15) is 0 Å². The number of rotatable bonds is 1. The molecule has 0 atom stereocenters. The van der Waals surface area contributed by atoms with E-state index in [1.54, 1.807) is 6.07 Å². The number of nitrogens with zero attached hydrogens (tertiary/aromatic N) is 1. The zero-order valence-electron chi connectivity index (χ0n) is 8.20. The van der Waals surface area contributed by atoms with Crippen molar-refractivity contribution in [3.63, 3.8) is 0 Å². The fourth-order valence-corrected chi connectivity index (χ4v) is 2.01. The van der Waals surface area contributed by atoms with E-state index in [4.69, 9.17) is 10.3 Å². The Kier molecular flexibility index (Phi) is 2.00. The minimum Gasteiger partial charge on any atom is -0.368 e. The first-order chi connectivity index (χ1) is 7.72. The van der Waals surface area contributed by atoms with E-state index in [9.17, 15) is 0 Å². The van der Waals surface area contributed by atoms with E-state index in [0.717, 1.165) is 21.1 Å². The molecule has 0 fully saturated rings. The van der Waals surface area contributed by atoms with Crippen LogP contribution in [0.2, 0.25) is 0 Å². The van der Waals surface area contributed by atoms with Gasteiger partial charge in [-0.15, -0.1) is 0 Å². The largest absolute Gasteiger partial charge is 0.368 e. The van der Waals surface area contributed by atoms with Crippen molar-refractivity contribution in [2.45, 2.75) is 0 Å². The van der Waals surface area contributed by atoms with Crippen molar-refractivity contribution in [3.05, 3.63) is 34.8 Å². The van der Waals surface area contributed by atoms with Crippen molar-refractivity contribution in [1.29, 1.82) is 0 Å². The molecular formula is C11H8BrN3O. The van der Waals surface area contributed by atoms with E-state index >= 15 is 0 Å². The highest BCUT2D eigenvalue weighted by molar-refractivity contribution is 9.10. The average Bonchev–Trinajstić information content (AvgIpc) is 2.83. The number of halogens is 1. The SMILES string of the molecule is Nc1cc(-c2cc3ccc(Br)cc3[nH]2)no1. The number of nitrogens with one attached hydrogen (secondary N) is 1. The third kappa shape index (κ3) is 1.49. The number of aromatic amines is 1. The number of benzene rings is 1. The lowest BCUT2D eigenvalue weighted by Gasteiger charge is -1.89. The van der Waals surface area contributed by atoms with E-state index in [2.05, 4.69) is 26.1 Å². The van der Waals surface area contributed by atoms with Crippen molar-refractivity contribution in [2.75, 3.05) is 5.73 Å². The minimum absolute atomic E-state index is 0.315. The van der Waals surface area contributed by atoms with Crippen LogP contribution in [0.25, 0.3) is 22.3 Å². The predicted molar refractivity (Wildman–Crippen MR) is 65.9 cm³/mol. The molecule has 3 rings (SSSR count). The first-order valence-corrected chi connectivity index (χ1v) is 5.52. The second-order valence-corrected chi connectivity index (χ2v) is 4.44. The summed E-state index contributed by atoms with van der Waals surface area (Å²) in [6, 6.07) is 9.75. The molecule has 2 aromatic heterocycles. The molecule has 0 spiro atoms. The van der Waals surface area contributed by atoms with Gasteiger partial charge in [0.15, 0.2) is 0 Å². The average molecular weight is 278 g/mol. The lowest BCUT2D eigenvalue weighted by molar-refractivity contribution is 0.439. The third-order valence-corrected chi connectivity index (χ3v) is 2.88. The molecule has 3 aromatic rings. The zero-order valence-corrected chi connectivity index (χ0v) is 9.78. The lowest BCUT2D eigenvalue weighted by Crippen LogP contribution is -1.76. The van der Waals surface area contributed by atoms with Gasteiger partial charge in [0.05, 0.1) is 5.69 Å². The zero-order chi connectivity index (χ0) is 11.1. The molecule has 1 aromatic carbocycles. The molecule has 0 unspecified atom stereocenters. The number of H-pyrrole nitrogens is 1. The number of anilines is 1. The number of nitrogens with two attached hydrogens (primary N) is 1. The second-order valence-electron chi connectivity index (χ2n) is 3.53. The Hall–Kier alpha value is -1.75. The van der Waals surface area contributed by atoms with Gasteiger partial charge in [0.1, 0.15) is 5.69 Å². The molecular weight excluding hydrogens is 270 g/mol. The topological polar surface area (TPSA) is 67.8 Å². The molecule has 0 aliphatic rings. The fourth-order valence-electron chi connectivity index (χ4n) is 1.65. The summed E-state index contributed by atoms with van der Waals surface area (Å²) in [6.07, 6.45) is 0. The van der Waals surface area contributed by atoms with Gasteiger partial charge in [-0.05, 0) is 18.2 Å². The summed E-state index contributed by atoms with van der Waals surface area (Å²) in [7, 11) is 0. The van der Waals surface area contributed by atoms with Crippen LogP contribution in [0.5, 0.6) is 0 Å². The van der Waals surface area contributed by atoms with Gasteiger partial charge in [-0.1, -0.05) is 27.2 Å². The Balaban J connectivity index is 2.18. The maximum absolute atomic E-state index is 5.48. The van der Waals surface area contributed by atoms with Gasteiger partial charge in [-0.3, -0.25) is 0 Å². The summed E-state index contributed by atoms with van der Waals surface area (Å²) < 4.78 is 5.87. The van der Waals surface area contributed by atoms with Gasteiger partial charge < -0.3 is 15.2 Å². The Morgan fingerprint density at radius 2 is 2.12 bits per heavy atom. The van der Waals surface area contributed by atoms with Crippen LogP contribution in [-0.4, -0.2) is 10.1 Å². The van der Waals surface area contributed by atoms with Gasteiger partial charge >= 0.3 is 0 Å². The molecule has 5 heteroatoms. The summed E-state index contributed by atoms with van der Waals surface area (Å²) in [5.74, 6) is 0.315. The number of hydrogen-bond acceptors (Lipinski definition) is 3. The summed E-state index contributed by atoms with van der Waals surface area (Å²) in [4.78, 5) is 3.26. The highest BCUT2D eigenvalue weighted by Gasteiger charge is 2.07. The van der Waals surface area contributed by atoms with E-state index in [1.807, 2.05) is 24.3 Å². The summed E-state index contributed by atoms with van der Waals surface area (Å²) in [5.41, 5.74) is 8.14. The Bertz CT molecular complexity index is 656. The standard InChI is InChI=1S/C11H8BrN3O/c12-7-2-1-6-3-9(14-8(6)4-7)10-5-11(13)16-15-10/h1-5,14H,13H2. The van der Waals surface area contributed by atoms with Gasteiger partial charge in [-0.25, -0.2) is 0 Å². The maximum Gasteiger partial charge on any atom is 0.222 e.